The number of nitrogens with zero attached hydrogens (tertiary/aromatic N) is 1. The van der Waals surface area contributed by atoms with E-state index in [-0.39, 0.29) is 11.9 Å². The molecule has 0 radical (unpaired) electrons. The van der Waals surface area contributed by atoms with Crippen LogP contribution in [-0.2, 0) is 0 Å². The standard InChI is InChI=1S/C25H27ClN2O/c26-19-11-8-17(9-12-19)24-21-7-5-6-20(21)22-16-18(10-13-23(22)27-24)25(29)28-14-3-1-2-4-15-28/h5-6,8-13,16,20-21,24,27H,1-4,7,14-15H2/t20-,21+,24-/m1/s1. The lowest BCUT2D eigenvalue weighted by Gasteiger charge is -2.38. The maximum Gasteiger partial charge on any atom is 0.253 e. The van der Waals surface area contributed by atoms with Crippen molar-refractivity contribution in [3.63, 3.8) is 0 Å². The van der Waals surface area contributed by atoms with Gasteiger partial charge >= 0.3 is 0 Å². The van der Waals surface area contributed by atoms with E-state index in [0.717, 1.165) is 48.6 Å². The molecule has 0 unspecified atom stereocenters. The van der Waals surface area contributed by atoms with Crippen LogP contribution >= 0.6 is 11.6 Å². The minimum Gasteiger partial charge on any atom is -0.378 e. The van der Waals surface area contributed by atoms with E-state index in [9.17, 15) is 4.79 Å². The fourth-order valence-electron chi connectivity index (χ4n) is 5.18. The maximum absolute atomic E-state index is 13.1. The summed E-state index contributed by atoms with van der Waals surface area (Å²) in [6.07, 6.45) is 10.4. The van der Waals surface area contributed by atoms with Crippen molar-refractivity contribution < 1.29 is 4.79 Å². The molecular weight excluding hydrogens is 380 g/mol. The van der Waals surface area contributed by atoms with Crippen molar-refractivity contribution in [3.8, 4) is 0 Å². The van der Waals surface area contributed by atoms with Crippen LogP contribution in [0.15, 0.2) is 54.6 Å². The topological polar surface area (TPSA) is 32.3 Å². The van der Waals surface area contributed by atoms with Gasteiger partial charge in [0.1, 0.15) is 0 Å². The Morgan fingerprint density at radius 3 is 2.52 bits per heavy atom. The molecule has 3 nitrogen and oxygen atoms in total. The van der Waals surface area contributed by atoms with Crippen LogP contribution in [0.25, 0.3) is 0 Å². The molecule has 2 aromatic rings. The zero-order valence-corrected chi connectivity index (χ0v) is 17.4. The van der Waals surface area contributed by atoms with Gasteiger partial charge in [0, 0.05) is 35.3 Å². The summed E-state index contributed by atoms with van der Waals surface area (Å²) in [6.45, 7) is 1.78. The summed E-state index contributed by atoms with van der Waals surface area (Å²) in [7, 11) is 0. The third-order valence-electron chi connectivity index (χ3n) is 6.73. The molecule has 5 rings (SSSR count). The molecule has 0 saturated carbocycles. The monoisotopic (exact) mass is 406 g/mol. The summed E-state index contributed by atoms with van der Waals surface area (Å²) in [5.41, 5.74) is 4.50. The number of allylic oxidation sites excluding steroid dienone is 2. The molecule has 29 heavy (non-hydrogen) atoms. The van der Waals surface area contributed by atoms with Crippen molar-refractivity contribution in [1.82, 2.24) is 4.90 Å². The minimum absolute atomic E-state index is 0.188. The van der Waals surface area contributed by atoms with Crippen LogP contribution in [0.1, 0.15) is 65.5 Å². The number of nitrogens with one attached hydrogen (secondary N) is 1. The summed E-state index contributed by atoms with van der Waals surface area (Å²) in [4.78, 5) is 15.2. The van der Waals surface area contributed by atoms with E-state index in [2.05, 4.69) is 41.7 Å². The van der Waals surface area contributed by atoms with Gasteiger partial charge in [0.25, 0.3) is 5.91 Å². The second kappa shape index (κ2) is 7.87. The number of carbonyl (C=O) groups excluding carboxylic acids is 1. The summed E-state index contributed by atoms with van der Waals surface area (Å²) in [6, 6.07) is 14.7. The average molecular weight is 407 g/mol. The van der Waals surface area contributed by atoms with Crippen LogP contribution in [0.2, 0.25) is 5.02 Å². The Kier molecular flexibility index (Phi) is 5.09. The van der Waals surface area contributed by atoms with Crippen LogP contribution in [0, 0.1) is 5.92 Å². The molecule has 2 heterocycles. The quantitative estimate of drug-likeness (QED) is 0.603. The highest BCUT2D eigenvalue weighted by Crippen LogP contribution is 2.50. The van der Waals surface area contributed by atoms with Crippen molar-refractivity contribution in [2.24, 2.45) is 5.92 Å². The first-order valence-electron chi connectivity index (χ1n) is 10.8. The second-order valence-corrected chi connectivity index (χ2v) is 8.97. The highest BCUT2D eigenvalue weighted by molar-refractivity contribution is 6.30. The fraction of sp³-hybridized carbons (Fsp3) is 0.400. The Labute approximate surface area is 177 Å². The second-order valence-electron chi connectivity index (χ2n) is 8.54. The predicted molar refractivity (Wildman–Crippen MR) is 119 cm³/mol. The molecule has 0 spiro atoms. The third kappa shape index (κ3) is 3.57. The predicted octanol–water partition coefficient (Wildman–Crippen LogP) is 6.18. The minimum atomic E-state index is 0.188. The van der Waals surface area contributed by atoms with Crippen LogP contribution in [0.5, 0.6) is 0 Å². The van der Waals surface area contributed by atoms with Crippen molar-refractivity contribution in [3.05, 3.63) is 76.3 Å². The van der Waals surface area contributed by atoms with Gasteiger partial charge in [-0.25, -0.2) is 0 Å². The molecule has 4 heteroatoms. The number of halogens is 1. The molecule has 2 aromatic carbocycles. The lowest BCUT2D eigenvalue weighted by Crippen LogP contribution is -2.33. The first-order valence-corrected chi connectivity index (χ1v) is 11.2. The largest absolute Gasteiger partial charge is 0.378 e. The molecule has 2 aliphatic heterocycles. The van der Waals surface area contributed by atoms with E-state index < -0.39 is 0 Å². The molecule has 1 saturated heterocycles. The van der Waals surface area contributed by atoms with Gasteiger partial charge in [-0.05, 0) is 66.6 Å². The number of fused-ring (bicyclic) bond motifs is 3. The Morgan fingerprint density at radius 2 is 1.76 bits per heavy atom. The third-order valence-corrected chi connectivity index (χ3v) is 6.98. The van der Waals surface area contributed by atoms with E-state index in [1.807, 2.05) is 23.1 Å². The van der Waals surface area contributed by atoms with Gasteiger partial charge < -0.3 is 10.2 Å². The van der Waals surface area contributed by atoms with Crippen LogP contribution in [0.3, 0.4) is 0 Å². The van der Waals surface area contributed by atoms with E-state index in [1.165, 1.54) is 24.0 Å². The zero-order valence-electron chi connectivity index (χ0n) is 16.6. The van der Waals surface area contributed by atoms with E-state index in [4.69, 9.17) is 11.6 Å². The van der Waals surface area contributed by atoms with Gasteiger partial charge in [-0.1, -0.05) is 48.7 Å². The molecule has 0 aromatic heterocycles. The van der Waals surface area contributed by atoms with Crippen LogP contribution in [-0.4, -0.2) is 23.9 Å². The Balaban J connectivity index is 1.45. The van der Waals surface area contributed by atoms with E-state index >= 15 is 0 Å². The summed E-state index contributed by atoms with van der Waals surface area (Å²) in [5.74, 6) is 1.00. The molecule has 150 valence electrons. The van der Waals surface area contributed by atoms with Gasteiger partial charge in [0.2, 0.25) is 0 Å². The van der Waals surface area contributed by atoms with Crippen LogP contribution in [0.4, 0.5) is 5.69 Å². The highest BCUT2D eigenvalue weighted by Gasteiger charge is 2.38. The first kappa shape index (κ1) is 18.7. The Morgan fingerprint density at radius 1 is 1.00 bits per heavy atom. The van der Waals surface area contributed by atoms with Gasteiger partial charge in [-0.3, -0.25) is 4.79 Å². The van der Waals surface area contributed by atoms with Gasteiger partial charge in [0.05, 0.1) is 6.04 Å². The number of hydrogen-bond acceptors (Lipinski definition) is 2. The summed E-state index contributed by atoms with van der Waals surface area (Å²) >= 11 is 6.10. The Bertz CT molecular complexity index is 928. The number of carbonyl (C=O) groups is 1. The molecule has 1 N–H and O–H groups in total. The Hall–Kier alpha value is -2.26. The van der Waals surface area contributed by atoms with Crippen molar-refractivity contribution in [1.29, 1.82) is 0 Å². The summed E-state index contributed by atoms with van der Waals surface area (Å²) < 4.78 is 0. The highest BCUT2D eigenvalue weighted by atomic mass is 35.5. The molecular formula is C25H27ClN2O. The molecule has 3 atom stereocenters. The van der Waals surface area contributed by atoms with E-state index in [1.54, 1.807) is 0 Å². The zero-order chi connectivity index (χ0) is 19.8. The number of anilines is 1. The van der Waals surface area contributed by atoms with Gasteiger partial charge in [-0.2, -0.15) is 0 Å². The number of benzene rings is 2. The van der Waals surface area contributed by atoms with Crippen molar-refractivity contribution >= 4 is 23.2 Å². The average Bonchev–Trinajstić information content (AvgIpc) is 3.09. The molecule has 1 fully saturated rings. The van der Waals surface area contributed by atoms with Crippen molar-refractivity contribution in [2.75, 3.05) is 18.4 Å². The summed E-state index contributed by atoms with van der Waals surface area (Å²) in [5, 5.41) is 4.52. The normalized spacial score (nSPS) is 25.7. The first-order chi connectivity index (χ1) is 14.2. The van der Waals surface area contributed by atoms with Crippen molar-refractivity contribution in [2.45, 2.75) is 44.1 Å². The van der Waals surface area contributed by atoms with Gasteiger partial charge in [-0.15, -0.1) is 0 Å². The molecule has 3 aliphatic rings. The molecule has 0 bridgehead atoms. The lowest BCUT2D eigenvalue weighted by atomic mass is 9.76. The molecule has 1 amide bonds. The molecule has 1 aliphatic carbocycles. The number of rotatable bonds is 2. The fourth-order valence-corrected chi connectivity index (χ4v) is 5.31. The number of amides is 1. The van der Waals surface area contributed by atoms with E-state index in [0.29, 0.717) is 11.8 Å². The lowest BCUT2D eigenvalue weighted by molar-refractivity contribution is 0.0761. The van der Waals surface area contributed by atoms with Crippen LogP contribution < -0.4 is 5.32 Å². The number of likely N-dealkylation sites (tertiary alicyclic amines) is 1. The van der Waals surface area contributed by atoms with Gasteiger partial charge in [0.15, 0.2) is 0 Å². The SMILES string of the molecule is O=C(c1ccc2c(c1)[C@@H]1C=CC[C@@H]1[C@@H](c1ccc(Cl)cc1)N2)N1CCCCCC1. The smallest absolute Gasteiger partial charge is 0.253 e. The maximum atomic E-state index is 13.1. The number of hydrogen-bond donors (Lipinski definition) is 1.